The highest BCUT2D eigenvalue weighted by atomic mass is 16.1. The maximum Gasteiger partial charge on any atom is 0.137 e. The average molecular weight is 159 g/mol. The highest BCUT2D eigenvalue weighted by molar-refractivity contribution is 5.57. The van der Waals surface area contributed by atoms with E-state index in [0.717, 1.165) is 12.7 Å². The lowest BCUT2D eigenvalue weighted by Gasteiger charge is -2.14. The number of carbonyl (C=O) groups is 1. The third-order valence-corrected chi connectivity index (χ3v) is 1.74. The van der Waals surface area contributed by atoms with Crippen LogP contribution in [0.1, 0.15) is 34.1 Å². The number of hydrogen-bond donors (Lipinski definition) is 1. The summed E-state index contributed by atoms with van der Waals surface area (Å²) in [6.07, 6.45) is 2.01. The fourth-order valence-electron chi connectivity index (χ4n) is 0.741. The van der Waals surface area contributed by atoms with E-state index >= 15 is 0 Å². The fourth-order valence-corrected chi connectivity index (χ4v) is 0.741. The maximum atomic E-state index is 10.3. The third-order valence-electron chi connectivity index (χ3n) is 1.74. The Morgan fingerprint density at radius 1 is 1.45 bits per heavy atom. The molecule has 68 valence electrons. The molecule has 0 aromatic carbocycles. The number of aldehydes is 1. The van der Waals surface area contributed by atoms with Crippen LogP contribution in [0.5, 0.6) is 0 Å². The minimum atomic E-state index is 0.0370. The van der Waals surface area contributed by atoms with Crippen molar-refractivity contribution in [3.8, 4) is 0 Å². The van der Waals surface area contributed by atoms with Crippen molar-refractivity contribution in [3.05, 3.63) is 0 Å². The molecule has 0 spiro atoms. The van der Waals surface area contributed by atoms with Gasteiger partial charge in [0.25, 0.3) is 0 Å². The minimum Gasteiger partial charge on any atom is -0.311 e. The number of rotatable bonds is 4. The van der Waals surface area contributed by atoms with Gasteiger partial charge in [0.05, 0.1) is 6.04 Å². The molecule has 2 unspecified atom stereocenters. The van der Waals surface area contributed by atoms with Crippen molar-refractivity contribution in [2.75, 3.05) is 7.05 Å². The first-order valence-electron chi connectivity index (χ1n) is 4.38. The topological polar surface area (TPSA) is 29.1 Å². The largest absolute Gasteiger partial charge is 0.311 e. The van der Waals surface area contributed by atoms with Crippen LogP contribution in [0.25, 0.3) is 0 Å². The second-order valence-corrected chi connectivity index (χ2v) is 2.34. The number of hydrogen-bond acceptors (Lipinski definition) is 2. The first kappa shape index (κ1) is 13.2. The summed E-state index contributed by atoms with van der Waals surface area (Å²) in [6.45, 7) is 8.15. The summed E-state index contributed by atoms with van der Waals surface area (Å²) in [5, 5.41) is 2.93. The molecule has 0 aromatic rings. The molecule has 0 aliphatic carbocycles. The SMILES string of the molecule is CC.CCC(C)C(C=O)NC. The number of nitrogens with one attached hydrogen (secondary N) is 1. The van der Waals surface area contributed by atoms with E-state index in [4.69, 9.17) is 0 Å². The van der Waals surface area contributed by atoms with Crippen molar-refractivity contribution in [2.24, 2.45) is 5.92 Å². The van der Waals surface area contributed by atoms with Crippen LogP contribution in [-0.2, 0) is 4.79 Å². The Morgan fingerprint density at radius 2 is 1.91 bits per heavy atom. The number of carbonyl (C=O) groups excluding carboxylic acids is 1. The molecule has 2 heteroatoms. The summed E-state index contributed by atoms with van der Waals surface area (Å²) in [5.74, 6) is 0.451. The quantitative estimate of drug-likeness (QED) is 0.634. The standard InChI is InChI=1S/C7H15NO.C2H6/c1-4-6(2)7(5-9)8-3;1-2/h5-8H,4H2,1-3H3;1-2H3. The van der Waals surface area contributed by atoms with Gasteiger partial charge in [0.15, 0.2) is 0 Å². The summed E-state index contributed by atoms with van der Waals surface area (Å²) >= 11 is 0. The van der Waals surface area contributed by atoms with Crippen LogP contribution in [0.15, 0.2) is 0 Å². The zero-order valence-electron chi connectivity index (χ0n) is 8.35. The smallest absolute Gasteiger partial charge is 0.137 e. The number of likely N-dealkylation sites (N-methyl/N-ethyl adjacent to an activating group) is 1. The van der Waals surface area contributed by atoms with Gasteiger partial charge in [-0.2, -0.15) is 0 Å². The third kappa shape index (κ3) is 6.05. The summed E-state index contributed by atoms with van der Waals surface area (Å²) in [4.78, 5) is 10.3. The van der Waals surface area contributed by atoms with Gasteiger partial charge in [-0.1, -0.05) is 34.1 Å². The summed E-state index contributed by atoms with van der Waals surface area (Å²) in [5.41, 5.74) is 0. The Balaban J connectivity index is 0. The normalized spacial score (nSPS) is 14.3. The van der Waals surface area contributed by atoms with Crippen molar-refractivity contribution >= 4 is 6.29 Å². The van der Waals surface area contributed by atoms with Gasteiger partial charge >= 0.3 is 0 Å². The molecule has 1 N–H and O–H groups in total. The van der Waals surface area contributed by atoms with E-state index in [9.17, 15) is 4.79 Å². The zero-order chi connectivity index (χ0) is 9.28. The molecule has 0 rings (SSSR count). The lowest BCUT2D eigenvalue weighted by Crippen LogP contribution is -2.32. The van der Waals surface area contributed by atoms with Crippen LogP contribution >= 0.6 is 0 Å². The van der Waals surface area contributed by atoms with Gasteiger partial charge in [0.1, 0.15) is 6.29 Å². The Kier molecular flexibility index (Phi) is 11.6. The first-order chi connectivity index (χ1) is 5.26. The summed E-state index contributed by atoms with van der Waals surface area (Å²) < 4.78 is 0. The minimum absolute atomic E-state index is 0.0370. The highest BCUT2D eigenvalue weighted by Crippen LogP contribution is 2.03. The molecule has 0 aromatic heterocycles. The molecular weight excluding hydrogens is 138 g/mol. The molecule has 11 heavy (non-hydrogen) atoms. The van der Waals surface area contributed by atoms with E-state index in [-0.39, 0.29) is 6.04 Å². The lowest BCUT2D eigenvalue weighted by molar-refractivity contribution is -0.110. The van der Waals surface area contributed by atoms with E-state index in [2.05, 4.69) is 19.2 Å². The second-order valence-electron chi connectivity index (χ2n) is 2.34. The van der Waals surface area contributed by atoms with Crippen LogP contribution in [-0.4, -0.2) is 19.4 Å². The van der Waals surface area contributed by atoms with Crippen LogP contribution in [0, 0.1) is 5.92 Å². The van der Waals surface area contributed by atoms with E-state index in [1.165, 1.54) is 0 Å². The van der Waals surface area contributed by atoms with Crippen molar-refractivity contribution < 1.29 is 4.79 Å². The maximum absolute atomic E-state index is 10.3. The molecule has 0 aliphatic heterocycles. The molecule has 0 bridgehead atoms. The predicted molar refractivity (Wildman–Crippen MR) is 49.7 cm³/mol. The molecule has 2 atom stereocenters. The molecule has 0 saturated heterocycles. The van der Waals surface area contributed by atoms with Crippen LogP contribution in [0.2, 0.25) is 0 Å². The van der Waals surface area contributed by atoms with E-state index in [1.807, 2.05) is 20.9 Å². The summed E-state index contributed by atoms with van der Waals surface area (Å²) in [7, 11) is 1.81. The molecule has 0 radical (unpaired) electrons. The Labute approximate surface area is 70.4 Å². The molecule has 2 nitrogen and oxygen atoms in total. The van der Waals surface area contributed by atoms with Crippen LogP contribution in [0.4, 0.5) is 0 Å². The Hall–Kier alpha value is -0.370. The first-order valence-corrected chi connectivity index (χ1v) is 4.38. The molecule has 0 fully saturated rings. The van der Waals surface area contributed by atoms with Crippen molar-refractivity contribution in [1.82, 2.24) is 5.32 Å². The van der Waals surface area contributed by atoms with Crippen LogP contribution in [0.3, 0.4) is 0 Å². The fraction of sp³-hybridized carbons (Fsp3) is 0.889. The second kappa shape index (κ2) is 9.63. The monoisotopic (exact) mass is 159 g/mol. The van der Waals surface area contributed by atoms with Crippen molar-refractivity contribution in [1.29, 1.82) is 0 Å². The zero-order valence-corrected chi connectivity index (χ0v) is 8.35. The van der Waals surface area contributed by atoms with E-state index < -0.39 is 0 Å². The van der Waals surface area contributed by atoms with Crippen molar-refractivity contribution in [3.63, 3.8) is 0 Å². The molecule has 0 heterocycles. The predicted octanol–water partition coefficient (Wildman–Crippen LogP) is 1.85. The molecule has 0 amide bonds. The average Bonchev–Trinajstić information content (AvgIpc) is 2.10. The highest BCUT2D eigenvalue weighted by Gasteiger charge is 2.10. The van der Waals surface area contributed by atoms with Gasteiger partial charge in [-0.3, -0.25) is 0 Å². The summed E-state index contributed by atoms with van der Waals surface area (Å²) in [6, 6.07) is 0.0370. The Morgan fingerprint density at radius 3 is 2.00 bits per heavy atom. The van der Waals surface area contributed by atoms with Gasteiger partial charge in [0.2, 0.25) is 0 Å². The van der Waals surface area contributed by atoms with Crippen LogP contribution < -0.4 is 5.32 Å². The molecule has 0 aliphatic rings. The van der Waals surface area contributed by atoms with Crippen molar-refractivity contribution in [2.45, 2.75) is 40.2 Å². The molecular formula is C9H21NO. The van der Waals surface area contributed by atoms with E-state index in [1.54, 1.807) is 0 Å². The van der Waals surface area contributed by atoms with Gasteiger partial charge in [0, 0.05) is 0 Å². The lowest BCUT2D eigenvalue weighted by atomic mass is 10.0. The Bertz CT molecular complexity index is 83.6. The van der Waals surface area contributed by atoms with Gasteiger partial charge in [-0.25, -0.2) is 0 Å². The van der Waals surface area contributed by atoms with E-state index in [0.29, 0.717) is 5.92 Å². The van der Waals surface area contributed by atoms with Gasteiger partial charge < -0.3 is 10.1 Å². The van der Waals surface area contributed by atoms with Gasteiger partial charge in [-0.15, -0.1) is 0 Å². The molecule has 0 saturated carbocycles. The van der Waals surface area contributed by atoms with Gasteiger partial charge in [-0.05, 0) is 13.0 Å².